The fraction of sp³-hybridized carbons (Fsp3) is 0.625. The Hall–Kier alpha value is -1.02. The van der Waals surface area contributed by atoms with Crippen LogP contribution in [0.2, 0.25) is 0 Å². The smallest absolute Gasteiger partial charge is 0.124 e. The van der Waals surface area contributed by atoms with Gasteiger partial charge in [-0.05, 0) is 45.7 Å². The van der Waals surface area contributed by atoms with Gasteiger partial charge in [0.1, 0.15) is 5.75 Å². The highest BCUT2D eigenvalue weighted by atomic mass is 16.5. The lowest BCUT2D eigenvalue weighted by Crippen LogP contribution is -2.24. The molecule has 2 nitrogen and oxygen atoms in total. The molecule has 18 heavy (non-hydrogen) atoms. The molecular formula is C16H25NO. The Kier molecular flexibility index (Phi) is 4.65. The molecule has 1 aromatic rings. The zero-order valence-electron chi connectivity index (χ0n) is 11.8. The Morgan fingerprint density at radius 1 is 1.33 bits per heavy atom. The SMILES string of the molecule is CCOc1ccc(C)cc1C(NC)C1CCCC1. The molecule has 0 saturated heterocycles. The molecule has 0 spiro atoms. The third kappa shape index (κ3) is 2.86. The predicted octanol–water partition coefficient (Wildman–Crippen LogP) is 3.84. The third-order valence-electron chi connectivity index (χ3n) is 3.98. The first-order chi connectivity index (χ1) is 8.76. The van der Waals surface area contributed by atoms with E-state index in [-0.39, 0.29) is 0 Å². The van der Waals surface area contributed by atoms with E-state index in [2.05, 4.69) is 37.5 Å². The Bertz CT molecular complexity index is 383. The quantitative estimate of drug-likeness (QED) is 0.853. The summed E-state index contributed by atoms with van der Waals surface area (Å²) < 4.78 is 5.79. The van der Waals surface area contributed by atoms with E-state index in [4.69, 9.17) is 4.74 Å². The van der Waals surface area contributed by atoms with Crippen molar-refractivity contribution in [2.45, 2.75) is 45.6 Å². The lowest BCUT2D eigenvalue weighted by atomic mass is 9.90. The van der Waals surface area contributed by atoms with Gasteiger partial charge in [0.15, 0.2) is 0 Å². The number of benzene rings is 1. The van der Waals surface area contributed by atoms with Crippen molar-refractivity contribution in [1.29, 1.82) is 0 Å². The maximum Gasteiger partial charge on any atom is 0.124 e. The molecule has 1 saturated carbocycles. The van der Waals surface area contributed by atoms with Gasteiger partial charge >= 0.3 is 0 Å². The number of aryl methyl sites for hydroxylation is 1. The molecule has 0 aliphatic heterocycles. The second-order valence-electron chi connectivity index (χ2n) is 5.29. The number of rotatable bonds is 5. The number of hydrogen-bond acceptors (Lipinski definition) is 2. The summed E-state index contributed by atoms with van der Waals surface area (Å²) in [6.07, 6.45) is 5.42. The molecule has 0 radical (unpaired) electrons. The molecule has 1 aromatic carbocycles. The van der Waals surface area contributed by atoms with Gasteiger partial charge in [0.25, 0.3) is 0 Å². The van der Waals surface area contributed by atoms with Crippen LogP contribution in [0.4, 0.5) is 0 Å². The highest BCUT2D eigenvalue weighted by Crippen LogP contribution is 2.39. The maximum absolute atomic E-state index is 5.79. The Morgan fingerprint density at radius 2 is 2.06 bits per heavy atom. The van der Waals surface area contributed by atoms with E-state index in [1.807, 2.05) is 6.92 Å². The molecule has 1 N–H and O–H groups in total. The minimum absolute atomic E-state index is 0.439. The summed E-state index contributed by atoms with van der Waals surface area (Å²) in [6, 6.07) is 6.97. The molecule has 0 bridgehead atoms. The van der Waals surface area contributed by atoms with Gasteiger partial charge in [0, 0.05) is 11.6 Å². The van der Waals surface area contributed by atoms with Crippen molar-refractivity contribution in [3.05, 3.63) is 29.3 Å². The van der Waals surface area contributed by atoms with Crippen LogP contribution in [0.15, 0.2) is 18.2 Å². The van der Waals surface area contributed by atoms with Crippen molar-refractivity contribution in [2.24, 2.45) is 5.92 Å². The molecule has 0 aromatic heterocycles. The van der Waals surface area contributed by atoms with E-state index < -0.39 is 0 Å². The number of nitrogens with one attached hydrogen (secondary N) is 1. The van der Waals surface area contributed by atoms with Crippen LogP contribution in [-0.4, -0.2) is 13.7 Å². The van der Waals surface area contributed by atoms with Crippen LogP contribution in [0, 0.1) is 12.8 Å². The van der Waals surface area contributed by atoms with Gasteiger partial charge in [-0.3, -0.25) is 0 Å². The van der Waals surface area contributed by atoms with Crippen LogP contribution in [0.3, 0.4) is 0 Å². The Labute approximate surface area is 111 Å². The van der Waals surface area contributed by atoms with E-state index in [9.17, 15) is 0 Å². The summed E-state index contributed by atoms with van der Waals surface area (Å²) in [5, 5.41) is 3.51. The Morgan fingerprint density at radius 3 is 2.67 bits per heavy atom. The molecule has 1 atom stereocenters. The summed E-state index contributed by atoms with van der Waals surface area (Å²) in [6.45, 7) is 4.94. The first-order valence-corrected chi connectivity index (χ1v) is 7.17. The first-order valence-electron chi connectivity index (χ1n) is 7.17. The lowest BCUT2D eigenvalue weighted by molar-refractivity contribution is 0.318. The van der Waals surface area contributed by atoms with Crippen LogP contribution >= 0.6 is 0 Å². The molecule has 1 aliphatic carbocycles. The molecule has 1 unspecified atom stereocenters. The van der Waals surface area contributed by atoms with Gasteiger partial charge in [0.05, 0.1) is 6.61 Å². The molecule has 0 heterocycles. The highest BCUT2D eigenvalue weighted by molar-refractivity contribution is 5.39. The monoisotopic (exact) mass is 247 g/mol. The molecule has 2 rings (SSSR count). The fourth-order valence-electron chi connectivity index (χ4n) is 3.13. The van der Waals surface area contributed by atoms with Gasteiger partial charge < -0.3 is 10.1 Å². The Balaban J connectivity index is 2.29. The van der Waals surface area contributed by atoms with Crippen molar-refractivity contribution in [2.75, 3.05) is 13.7 Å². The van der Waals surface area contributed by atoms with Crippen LogP contribution < -0.4 is 10.1 Å². The highest BCUT2D eigenvalue weighted by Gasteiger charge is 2.27. The van der Waals surface area contributed by atoms with Crippen LogP contribution in [0.1, 0.15) is 49.8 Å². The van der Waals surface area contributed by atoms with Crippen molar-refractivity contribution in [3.63, 3.8) is 0 Å². The maximum atomic E-state index is 5.79. The van der Waals surface area contributed by atoms with Crippen molar-refractivity contribution in [3.8, 4) is 5.75 Å². The van der Waals surface area contributed by atoms with Crippen LogP contribution in [-0.2, 0) is 0 Å². The third-order valence-corrected chi connectivity index (χ3v) is 3.98. The average Bonchev–Trinajstić information content (AvgIpc) is 2.87. The van der Waals surface area contributed by atoms with Gasteiger partial charge in [-0.2, -0.15) is 0 Å². The normalized spacial score (nSPS) is 17.9. The van der Waals surface area contributed by atoms with Crippen molar-refractivity contribution >= 4 is 0 Å². The van der Waals surface area contributed by atoms with E-state index in [1.54, 1.807) is 0 Å². The minimum atomic E-state index is 0.439. The van der Waals surface area contributed by atoms with E-state index in [0.717, 1.165) is 18.3 Å². The van der Waals surface area contributed by atoms with Gasteiger partial charge in [0.2, 0.25) is 0 Å². The summed E-state index contributed by atoms with van der Waals surface area (Å²) >= 11 is 0. The standard InChI is InChI=1S/C16H25NO/c1-4-18-15-10-9-12(2)11-14(15)16(17-3)13-7-5-6-8-13/h9-11,13,16-17H,4-8H2,1-3H3. The minimum Gasteiger partial charge on any atom is -0.494 e. The predicted molar refractivity (Wildman–Crippen MR) is 76.1 cm³/mol. The zero-order chi connectivity index (χ0) is 13.0. The summed E-state index contributed by atoms with van der Waals surface area (Å²) in [5.74, 6) is 1.81. The van der Waals surface area contributed by atoms with Crippen LogP contribution in [0.25, 0.3) is 0 Å². The topological polar surface area (TPSA) is 21.3 Å². The molecule has 1 fully saturated rings. The molecule has 100 valence electrons. The van der Waals surface area contributed by atoms with Crippen molar-refractivity contribution in [1.82, 2.24) is 5.32 Å². The summed E-state index contributed by atoms with van der Waals surface area (Å²) in [7, 11) is 2.07. The van der Waals surface area contributed by atoms with E-state index >= 15 is 0 Å². The number of ether oxygens (including phenoxy) is 1. The summed E-state index contributed by atoms with van der Waals surface area (Å²) in [5.41, 5.74) is 2.65. The average molecular weight is 247 g/mol. The fourth-order valence-corrected chi connectivity index (χ4v) is 3.13. The second kappa shape index (κ2) is 6.24. The first kappa shape index (κ1) is 13.4. The molecule has 1 aliphatic rings. The van der Waals surface area contributed by atoms with Crippen molar-refractivity contribution < 1.29 is 4.74 Å². The largest absolute Gasteiger partial charge is 0.494 e. The van der Waals surface area contributed by atoms with Gasteiger partial charge in [-0.15, -0.1) is 0 Å². The van der Waals surface area contributed by atoms with Gasteiger partial charge in [-0.1, -0.05) is 30.5 Å². The number of hydrogen-bond donors (Lipinski definition) is 1. The molecule has 2 heteroatoms. The van der Waals surface area contributed by atoms with Crippen LogP contribution in [0.5, 0.6) is 5.75 Å². The summed E-state index contributed by atoms with van der Waals surface area (Å²) in [4.78, 5) is 0. The van der Waals surface area contributed by atoms with E-state index in [0.29, 0.717) is 6.04 Å². The lowest BCUT2D eigenvalue weighted by Gasteiger charge is -2.26. The molecular weight excluding hydrogens is 222 g/mol. The van der Waals surface area contributed by atoms with Gasteiger partial charge in [-0.25, -0.2) is 0 Å². The van der Waals surface area contributed by atoms with E-state index in [1.165, 1.54) is 36.8 Å². The zero-order valence-corrected chi connectivity index (χ0v) is 11.8. The second-order valence-corrected chi connectivity index (χ2v) is 5.29. The molecule has 0 amide bonds.